The standard InChI is InChI=1S/C27H40O9/c1-14-9-19(33-13-14)4-3-17(28)12-22-23(30)26-27(36-22)24(31)25-21(35-26)6-5-20(34-25)11-18(29)10-16-7-8-32-15(16)2/h15-16,19-27,30-31H,1,3-13H2,2H3/t15-,16?,19?,20?,21-,22+,23-,24?,25-,26?,27-/m0/s1. The Morgan fingerprint density at radius 3 is 2.42 bits per heavy atom. The van der Waals surface area contributed by atoms with E-state index in [-0.39, 0.29) is 48.3 Å². The number of rotatable bonds is 9. The molecule has 0 bridgehead atoms. The molecule has 0 radical (unpaired) electrons. The Morgan fingerprint density at radius 1 is 0.889 bits per heavy atom. The molecule has 5 saturated heterocycles. The van der Waals surface area contributed by atoms with Gasteiger partial charge in [0, 0.05) is 32.3 Å². The van der Waals surface area contributed by atoms with Crippen molar-refractivity contribution in [3.05, 3.63) is 12.2 Å². The van der Waals surface area contributed by atoms with Crippen LogP contribution in [0.5, 0.6) is 0 Å². The average Bonchev–Trinajstić information content (AvgIpc) is 3.53. The Kier molecular flexibility index (Phi) is 8.27. The maximum atomic E-state index is 12.6. The molecule has 5 unspecified atom stereocenters. The third-order valence-electron chi connectivity index (χ3n) is 8.56. The van der Waals surface area contributed by atoms with Crippen LogP contribution in [-0.2, 0) is 33.3 Å². The van der Waals surface area contributed by atoms with Crippen LogP contribution in [0.15, 0.2) is 12.2 Å². The SMILES string of the molecule is C=C1COC(CCC(=O)C[C@H]2O[C@@H]3C(O[C@H]4CCC(CC(=O)CC5CCO[C@H]5C)O[C@@H]4C3O)[C@H]2O)C1. The first kappa shape index (κ1) is 26.4. The number of ketones is 2. The van der Waals surface area contributed by atoms with Crippen molar-refractivity contribution in [1.82, 2.24) is 0 Å². The van der Waals surface area contributed by atoms with Gasteiger partial charge in [0.1, 0.15) is 42.1 Å². The Bertz CT molecular complexity index is 830. The summed E-state index contributed by atoms with van der Waals surface area (Å²) in [5, 5.41) is 21.9. The predicted molar refractivity (Wildman–Crippen MR) is 127 cm³/mol. The zero-order valence-corrected chi connectivity index (χ0v) is 21.1. The van der Waals surface area contributed by atoms with E-state index in [4.69, 9.17) is 23.7 Å². The van der Waals surface area contributed by atoms with Crippen molar-refractivity contribution in [2.75, 3.05) is 13.2 Å². The summed E-state index contributed by atoms with van der Waals surface area (Å²) in [6, 6.07) is 0. The molecular formula is C27H40O9. The fraction of sp³-hybridized carbons (Fsp3) is 0.852. The first-order valence-corrected chi connectivity index (χ1v) is 13.5. The summed E-state index contributed by atoms with van der Waals surface area (Å²) in [6.45, 7) is 7.18. The molecule has 9 nitrogen and oxygen atoms in total. The Labute approximate surface area is 212 Å². The van der Waals surface area contributed by atoms with Crippen molar-refractivity contribution in [2.45, 2.75) is 126 Å². The summed E-state index contributed by atoms with van der Waals surface area (Å²) < 4.78 is 29.4. The van der Waals surface area contributed by atoms with Crippen molar-refractivity contribution in [3.63, 3.8) is 0 Å². The molecular weight excluding hydrogens is 468 g/mol. The van der Waals surface area contributed by atoms with E-state index in [1.54, 1.807) is 0 Å². The topological polar surface area (TPSA) is 121 Å². The molecule has 0 saturated carbocycles. The molecule has 2 N–H and O–H groups in total. The van der Waals surface area contributed by atoms with Crippen LogP contribution < -0.4 is 0 Å². The lowest BCUT2D eigenvalue weighted by Gasteiger charge is -2.46. The highest BCUT2D eigenvalue weighted by atomic mass is 16.6. The van der Waals surface area contributed by atoms with Crippen LogP contribution in [0.1, 0.15) is 64.7 Å². The highest BCUT2D eigenvalue weighted by Gasteiger charge is 2.57. The van der Waals surface area contributed by atoms with Gasteiger partial charge in [-0.25, -0.2) is 0 Å². The molecule has 11 atom stereocenters. The van der Waals surface area contributed by atoms with Crippen molar-refractivity contribution >= 4 is 11.6 Å². The van der Waals surface area contributed by atoms with Gasteiger partial charge in [-0.15, -0.1) is 0 Å². The summed E-state index contributed by atoms with van der Waals surface area (Å²) in [7, 11) is 0. The molecule has 9 heteroatoms. The normalized spacial score (nSPS) is 44.4. The van der Waals surface area contributed by atoms with Crippen molar-refractivity contribution in [2.24, 2.45) is 5.92 Å². The molecule has 5 heterocycles. The van der Waals surface area contributed by atoms with E-state index in [2.05, 4.69) is 6.58 Å². The highest BCUT2D eigenvalue weighted by molar-refractivity contribution is 5.79. The van der Waals surface area contributed by atoms with Gasteiger partial charge in [0.25, 0.3) is 0 Å². The maximum Gasteiger partial charge on any atom is 0.135 e. The van der Waals surface area contributed by atoms with Crippen LogP contribution in [0, 0.1) is 5.92 Å². The average molecular weight is 509 g/mol. The first-order chi connectivity index (χ1) is 17.3. The minimum Gasteiger partial charge on any atom is -0.388 e. The van der Waals surface area contributed by atoms with Crippen LogP contribution in [0.4, 0.5) is 0 Å². The molecule has 0 aromatic heterocycles. The number of carbonyl (C=O) groups is 2. The van der Waals surface area contributed by atoms with Crippen LogP contribution in [0.25, 0.3) is 0 Å². The van der Waals surface area contributed by atoms with Gasteiger partial charge in [0.15, 0.2) is 0 Å². The number of Topliss-reactive ketones (excluding diaryl/α,β-unsaturated/α-hetero) is 2. The van der Waals surface area contributed by atoms with Crippen molar-refractivity contribution in [1.29, 1.82) is 0 Å². The second kappa shape index (κ2) is 11.3. The Hall–Kier alpha value is -1.20. The largest absolute Gasteiger partial charge is 0.388 e. The number of aliphatic hydroxyl groups is 2. The molecule has 0 aliphatic carbocycles. The van der Waals surface area contributed by atoms with E-state index in [0.29, 0.717) is 51.7 Å². The Morgan fingerprint density at radius 2 is 1.69 bits per heavy atom. The van der Waals surface area contributed by atoms with Gasteiger partial charge in [0.05, 0.1) is 37.1 Å². The lowest BCUT2D eigenvalue weighted by atomic mass is 9.86. The van der Waals surface area contributed by atoms with Gasteiger partial charge in [-0.1, -0.05) is 6.58 Å². The van der Waals surface area contributed by atoms with Gasteiger partial charge >= 0.3 is 0 Å². The summed E-state index contributed by atoms with van der Waals surface area (Å²) in [5.41, 5.74) is 1.05. The fourth-order valence-corrected chi connectivity index (χ4v) is 6.43. The molecule has 202 valence electrons. The molecule has 5 aliphatic heterocycles. The fourth-order valence-electron chi connectivity index (χ4n) is 6.43. The van der Waals surface area contributed by atoms with Crippen LogP contribution in [0.2, 0.25) is 0 Å². The van der Waals surface area contributed by atoms with Crippen LogP contribution >= 0.6 is 0 Å². The number of ether oxygens (including phenoxy) is 5. The highest BCUT2D eigenvalue weighted by Crippen LogP contribution is 2.40. The summed E-state index contributed by atoms with van der Waals surface area (Å²) in [6.07, 6.45) is -0.519. The summed E-state index contributed by atoms with van der Waals surface area (Å²) in [4.78, 5) is 25.2. The molecule has 5 aliphatic rings. The van der Waals surface area contributed by atoms with Gasteiger partial charge < -0.3 is 33.9 Å². The summed E-state index contributed by atoms with van der Waals surface area (Å²) >= 11 is 0. The van der Waals surface area contributed by atoms with E-state index in [1.807, 2.05) is 6.92 Å². The monoisotopic (exact) mass is 508 g/mol. The van der Waals surface area contributed by atoms with Gasteiger partial charge in [-0.2, -0.15) is 0 Å². The van der Waals surface area contributed by atoms with E-state index in [1.165, 1.54) is 0 Å². The van der Waals surface area contributed by atoms with E-state index in [0.717, 1.165) is 18.4 Å². The lowest BCUT2D eigenvalue weighted by Crippen LogP contribution is -2.61. The van der Waals surface area contributed by atoms with Gasteiger partial charge in [-0.3, -0.25) is 9.59 Å². The maximum absolute atomic E-state index is 12.6. The zero-order valence-electron chi connectivity index (χ0n) is 21.1. The van der Waals surface area contributed by atoms with Crippen LogP contribution in [0.3, 0.4) is 0 Å². The number of hydrogen-bond acceptors (Lipinski definition) is 9. The van der Waals surface area contributed by atoms with Crippen LogP contribution in [-0.4, -0.2) is 96.0 Å². The molecule has 0 amide bonds. The summed E-state index contributed by atoms with van der Waals surface area (Å²) in [5.74, 6) is 0.405. The lowest BCUT2D eigenvalue weighted by molar-refractivity contribution is -0.259. The molecule has 5 fully saturated rings. The number of hydrogen-bond donors (Lipinski definition) is 2. The number of carbonyl (C=O) groups excluding carboxylic acids is 2. The van der Waals surface area contributed by atoms with Crippen molar-refractivity contribution in [3.8, 4) is 0 Å². The predicted octanol–water partition coefficient (Wildman–Crippen LogP) is 1.65. The molecule has 36 heavy (non-hydrogen) atoms. The first-order valence-electron chi connectivity index (χ1n) is 13.5. The van der Waals surface area contributed by atoms with E-state index >= 15 is 0 Å². The van der Waals surface area contributed by atoms with E-state index < -0.39 is 36.6 Å². The number of aliphatic hydroxyl groups excluding tert-OH is 2. The zero-order chi connectivity index (χ0) is 25.4. The van der Waals surface area contributed by atoms with Gasteiger partial charge in [-0.05, 0) is 50.5 Å². The second-order valence-corrected chi connectivity index (χ2v) is 11.3. The molecule has 0 aromatic carbocycles. The smallest absolute Gasteiger partial charge is 0.135 e. The third-order valence-corrected chi connectivity index (χ3v) is 8.56. The minimum atomic E-state index is -0.998. The van der Waals surface area contributed by atoms with E-state index in [9.17, 15) is 19.8 Å². The van der Waals surface area contributed by atoms with Crippen molar-refractivity contribution < 1.29 is 43.5 Å². The number of fused-ring (bicyclic) bond motifs is 2. The second-order valence-electron chi connectivity index (χ2n) is 11.3. The molecule has 0 aromatic rings. The third kappa shape index (κ3) is 5.77. The molecule has 5 rings (SSSR count). The molecule has 0 spiro atoms. The quantitative estimate of drug-likeness (QED) is 0.448. The van der Waals surface area contributed by atoms with Gasteiger partial charge in [0.2, 0.25) is 0 Å². The minimum absolute atomic E-state index is 0.0116. The Balaban J connectivity index is 1.11.